The standard InChI is InChI=1S/C19H26N4O3/c1-2-14-9-16(21-12-20-14)22-7-5-19(6-8-22)10-15(18(25)26)23(11-19)17(24)13-3-4-13/h9,12-13,15H,2-8,10-11H2,1H3,(H,25,26)/t15-/m0/s1. The second-order valence-corrected chi connectivity index (χ2v) is 8.01. The van der Waals surface area contributed by atoms with Crippen molar-refractivity contribution in [2.75, 3.05) is 24.5 Å². The highest BCUT2D eigenvalue weighted by atomic mass is 16.4. The fraction of sp³-hybridized carbons (Fsp3) is 0.684. The summed E-state index contributed by atoms with van der Waals surface area (Å²) in [6.07, 6.45) is 6.70. The minimum atomic E-state index is -0.860. The molecule has 1 aromatic heterocycles. The van der Waals surface area contributed by atoms with Gasteiger partial charge in [-0.1, -0.05) is 6.92 Å². The van der Waals surface area contributed by atoms with Crippen molar-refractivity contribution in [2.24, 2.45) is 11.3 Å². The molecule has 3 heterocycles. The fourth-order valence-corrected chi connectivity index (χ4v) is 4.40. The number of likely N-dealkylation sites (tertiary alicyclic amines) is 1. The zero-order chi connectivity index (χ0) is 18.3. The van der Waals surface area contributed by atoms with Crippen LogP contribution in [-0.2, 0) is 16.0 Å². The first-order chi connectivity index (χ1) is 12.5. The number of hydrogen-bond acceptors (Lipinski definition) is 5. The zero-order valence-corrected chi connectivity index (χ0v) is 15.2. The number of aromatic nitrogens is 2. The Bertz CT molecular complexity index is 710. The van der Waals surface area contributed by atoms with Crippen LogP contribution in [0.5, 0.6) is 0 Å². The number of hydrogen-bond donors (Lipinski definition) is 1. The Hall–Kier alpha value is -2.18. The lowest BCUT2D eigenvalue weighted by atomic mass is 9.76. The second-order valence-electron chi connectivity index (χ2n) is 8.01. The van der Waals surface area contributed by atoms with Crippen molar-refractivity contribution >= 4 is 17.7 Å². The number of amides is 1. The van der Waals surface area contributed by atoms with Crippen molar-refractivity contribution in [3.05, 3.63) is 18.1 Å². The van der Waals surface area contributed by atoms with Crippen LogP contribution in [0.15, 0.2) is 12.4 Å². The summed E-state index contributed by atoms with van der Waals surface area (Å²) in [4.78, 5) is 36.8. The van der Waals surface area contributed by atoms with Gasteiger partial charge in [-0.15, -0.1) is 0 Å². The highest BCUT2D eigenvalue weighted by Gasteiger charge is 2.51. The predicted octanol–water partition coefficient (Wildman–Crippen LogP) is 1.72. The molecule has 3 fully saturated rings. The lowest BCUT2D eigenvalue weighted by molar-refractivity contribution is -0.148. The third-order valence-corrected chi connectivity index (χ3v) is 6.22. The van der Waals surface area contributed by atoms with Crippen LogP contribution in [0.25, 0.3) is 0 Å². The van der Waals surface area contributed by atoms with Crippen molar-refractivity contribution in [3.8, 4) is 0 Å². The van der Waals surface area contributed by atoms with Crippen LogP contribution in [0.2, 0.25) is 0 Å². The monoisotopic (exact) mass is 358 g/mol. The quantitative estimate of drug-likeness (QED) is 0.882. The molecule has 1 amide bonds. The summed E-state index contributed by atoms with van der Waals surface area (Å²) >= 11 is 0. The van der Waals surface area contributed by atoms with E-state index in [9.17, 15) is 14.7 Å². The molecule has 7 nitrogen and oxygen atoms in total. The van der Waals surface area contributed by atoms with E-state index in [4.69, 9.17) is 0 Å². The van der Waals surface area contributed by atoms with Crippen LogP contribution in [0.4, 0.5) is 5.82 Å². The van der Waals surface area contributed by atoms with Crippen LogP contribution < -0.4 is 4.90 Å². The van der Waals surface area contributed by atoms with Gasteiger partial charge < -0.3 is 14.9 Å². The molecule has 26 heavy (non-hydrogen) atoms. The molecule has 3 aliphatic rings. The average molecular weight is 358 g/mol. The van der Waals surface area contributed by atoms with Crippen LogP contribution in [0, 0.1) is 11.3 Å². The van der Waals surface area contributed by atoms with Gasteiger partial charge in [-0.2, -0.15) is 0 Å². The molecule has 2 aliphatic heterocycles. The average Bonchev–Trinajstić information content (AvgIpc) is 3.44. The number of rotatable bonds is 4. The van der Waals surface area contributed by atoms with E-state index in [1.54, 1.807) is 11.2 Å². The van der Waals surface area contributed by atoms with E-state index in [1.807, 2.05) is 6.07 Å². The molecule has 4 rings (SSSR count). The second kappa shape index (κ2) is 6.52. The summed E-state index contributed by atoms with van der Waals surface area (Å²) in [5.74, 6) is 0.216. The van der Waals surface area contributed by atoms with Crippen LogP contribution in [0.3, 0.4) is 0 Å². The molecule has 1 N–H and O–H groups in total. The molecule has 2 saturated heterocycles. The van der Waals surface area contributed by atoms with Gasteiger partial charge in [-0.25, -0.2) is 14.8 Å². The highest BCUT2D eigenvalue weighted by Crippen LogP contribution is 2.46. The smallest absolute Gasteiger partial charge is 0.326 e. The Balaban J connectivity index is 1.45. The number of anilines is 1. The Morgan fingerprint density at radius 1 is 1.27 bits per heavy atom. The first-order valence-corrected chi connectivity index (χ1v) is 9.60. The van der Waals surface area contributed by atoms with Gasteiger partial charge in [-0.05, 0) is 43.9 Å². The first-order valence-electron chi connectivity index (χ1n) is 9.60. The fourth-order valence-electron chi connectivity index (χ4n) is 4.40. The number of nitrogens with zero attached hydrogens (tertiary/aromatic N) is 4. The van der Waals surface area contributed by atoms with Gasteiger partial charge in [0.1, 0.15) is 18.2 Å². The van der Waals surface area contributed by atoms with Gasteiger partial charge in [0.2, 0.25) is 5.91 Å². The van der Waals surface area contributed by atoms with Crippen LogP contribution >= 0.6 is 0 Å². The van der Waals surface area contributed by atoms with E-state index in [0.717, 1.165) is 56.7 Å². The van der Waals surface area contributed by atoms with Crippen molar-refractivity contribution < 1.29 is 14.7 Å². The number of carbonyl (C=O) groups excluding carboxylic acids is 1. The van der Waals surface area contributed by atoms with Gasteiger partial charge in [-0.3, -0.25) is 4.79 Å². The minimum Gasteiger partial charge on any atom is -0.480 e. The highest BCUT2D eigenvalue weighted by molar-refractivity contribution is 5.87. The molecule has 0 radical (unpaired) electrons. The molecule has 1 aromatic rings. The molecule has 140 valence electrons. The Morgan fingerprint density at radius 3 is 2.62 bits per heavy atom. The van der Waals surface area contributed by atoms with Gasteiger partial charge in [0.25, 0.3) is 0 Å². The number of carbonyl (C=O) groups is 2. The van der Waals surface area contributed by atoms with E-state index >= 15 is 0 Å². The van der Waals surface area contributed by atoms with Crippen molar-refractivity contribution in [1.29, 1.82) is 0 Å². The summed E-state index contributed by atoms with van der Waals surface area (Å²) in [6, 6.07) is 1.38. The van der Waals surface area contributed by atoms with Crippen molar-refractivity contribution in [1.82, 2.24) is 14.9 Å². The molecule has 1 aliphatic carbocycles. The number of carboxylic acids is 1. The van der Waals surface area contributed by atoms with Gasteiger partial charge in [0.05, 0.1) is 0 Å². The molecular weight excluding hydrogens is 332 g/mol. The van der Waals surface area contributed by atoms with Gasteiger partial charge in [0, 0.05) is 37.3 Å². The van der Waals surface area contributed by atoms with E-state index in [1.165, 1.54) is 0 Å². The lowest BCUT2D eigenvalue weighted by Gasteiger charge is -2.39. The van der Waals surface area contributed by atoms with E-state index in [-0.39, 0.29) is 17.2 Å². The Kier molecular flexibility index (Phi) is 4.32. The number of piperidine rings is 1. The van der Waals surface area contributed by atoms with Crippen LogP contribution in [0.1, 0.15) is 44.7 Å². The third kappa shape index (κ3) is 3.15. The van der Waals surface area contributed by atoms with Gasteiger partial charge in [0.15, 0.2) is 0 Å². The predicted molar refractivity (Wildman–Crippen MR) is 95.8 cm³/mol. The molecule has 1 atom stereocenters. The molecule has 7 heteroatoms. The third-order valence-electron chi connectivity index (χ3n) is 6.22. The normalized spacial score (nSPS) is 24.9. The summed E-state index contributed by atoms with van der Waals surface area (Å²) in [6.45, 7) is 4.36. The SMILES string of the molecule is CCc1cc(N2CCC3(CC2)C[C@@H](C(=O)O)N(C(=O)C2CC2)C3)ncn1. The summed E-state index contributed by atoms with van der Waals surface area (Å²) in [5, 5.41) is 9.62. The molecular formula is C19H26N4O3. The van der Waals surface area contributed by atoms with Crippen molar-refractivity contribution in [2.45, 2.75) is 51.5 Å². The first kappa shape index (κ1) is 17.2. The van der Waals surface area contributed by atoms with E-state index < -0.39 is 12.0 Å². The molecule has 1 spiro atoms. The number of carboxylic acid groups (broad SMARTS) is 1. The Labute approximate surface area is 153 Å². The maximum atomic E-state index is 12.5. The molecule has 1 saturated carbocycles. The van der Waals surface area contributed by atoms with E-state index in [0.29, 0.717) is 13.0 Å². The summed E-state index contributed by atoms with van der Waals surface area (Å²) in [5.41, 5.74) is 0.966. The minimum absolute atomic E-state index is 0.0556. The molecule has 0 aromatic carbocycles. The molecule has 0 unspecified atom stereocenters. The lowest BCUT2D eigenvalue weighted by Crippen LogP contribution is -2.43. The van der Waals surface area contributed by atoms with E-state index in [2.05, 4.69) is 21.8 Å². The summed E-state index contributed by atoms with van der Waals surface area (Å²) < 4.78 is 0. The van der Waals surface area contributed by atoms with Crippen LogP contribution in [-0.4, -0.2) is 57.5 Å². The van der Waals surface area contributed by atoms with Gasteiger partial charge >= 0.3 is 5.97 Å². The maximum absolute atomic E-state index is 12.5. The zero-order valence-electron chi connectivity index (χ0n) is 15.2. The Morgan fingerprint density at radius 2 is 2.00 bits per heavy atom. The van der Waals surface area contributed by atoms with Crippen molar-refractivity contribution in [3.63, 3.8) is 0 Å². The molecule has 0 bridgehead atoms. The topological polar surface area (TPSA) is 86.6 Å². The number of aliphatic carboxylic acids is 1. The maximum Gasteiger partial charge on any atom is 0.326 e. The largest absolute Gasteiger partial charge is 0.480 e. The number of aryl methyl sites for hydroxylation is 1. The summed E-state index contributed by atoms with van der Waals surface area (Å²) in [7, 11) is 0.